The average Bonchev–Trinajstić information content (AvgIpc) is 3.61. The van der Waals surface area contributed by atoms with E-state index < -0.39 is 34.2 Å². The van der Waals surface area contributed by atoms with Crippen LogP contribution < -0.4 is 9.47 Å². The number of phenolic OH excluding ortho intramolecular Hbond substituents is 2. The van der Waals surface area contributed by atoms with E-state index in [9.17, 15) is 20.4 Å². The maximum Gasteiger partial charge on any atom is 0.166 e. The van der Waals surface area contributed by atoms with Gasteiger partial charge in [-0.2, -0.15) is 10.2 Å². The molecule has 2 aromatic carbocycles. The molecule has 2 aromatic rings. The Morgan fingerprint density at radius 1 is 0.708 bits per heavy atom. The zero-order valence-electron chi connectivity index (χ0n) is 27.1. The molecule has 0 aromatic heterocycles. The molecular formula is C38H42N4O6. The number of hydrogen-bond acceptors (Lipinski definition) is 10. The first-order chi connectivity index (χ1) is 23.2. The molecule has 8 atom stereocenters. The second-order valence-corrected chi connectivity index (χ2v) is 15.4. The summed E-state index contributed by atoms with van der Waals surface area (Å²) in [5.74, 6) is 1.11. The summed E-state index contributed by atoms with van der Waals surface area (Å²) in [6.07, 6.45) is 7.42. The smallest absolute Gasteiger partial charge is 0.166 e. The van der Waals surface area contributed by atoms with Crippen molar-refractivity contribution in [2.45, 2.75) is 97.7 Å². The summed E-state index contributed by atoms with van der Waals surface area (Å²) in [7, 11) is 0. The van der Waals surface area contributed by atoms with Crippen molar-refractivity contribution < 1.29 is 29.9 Å². The Labute approximate surface area is 279 Å². The first-order valence-corrected chi connectivity index (χ1v) is 17.5. The van der Waals surface area contributed by atoms with Crippen LogP contribution in [0.4, 0.5) is 0 Å². The molecule has 4 unspecified atom stereocenters. The van der Waals surface area contributed by atoms with Crippen LogP contribution in [-0.4, -0.2) is 103 Å². The summed E-state index contributed by atoms with van der Waals surface area (Å²) in [5, 5.41) is 57.4. The van der Waals surface area contributed by atoms with E-state index in [1.54, 1.807) is 12.1 Å². The van der Waals surface area contributed by atoms with Crippen LogP contribution in [-0.2, 0) is 23.7 Å². The van der Waals surface area contributed by atoms with Gasteiger partial charge in [0.25, 0.3) is 0 Å². The minimum absolute atomic E-state index is 0.0885. The molecule has 0 radical (unpaired) electrons. The van der Waals surface area contributed by atoms with E-state index in [4.69, 9.17) is 19.7 Å². The van der Waals surface area contributed by atoms with Crippen LogP contribution in [0.5, 0.6) is 23.0 Å². The van der Waals surface area contributed by atoms with Gasteiger partial charge in [-0.25, -0.2) is 0 Å². The summed E-state index contributed by atoms with van der Waals surface area (Å²) < 4.78 is 13.3. The number of phenols is 2. The Kier molecular flexibility index (Phi) is 5.79. The first-order valence-electron chi connectivity index (χ1n) is 17.5. The van der Waals surface area contributed by atoms with Gasteiger partial charge in [-0.05, 0) is 74.6 Å². The maximum absolute atomic E-state index is 12.7. The number of benzene rings is 2. The molecule has 0 amide bonds. The van der Waals surface area contributed by atoms with Crippen LogP contribution in [0.3, 0.4) is 0 Å². The molecule has 2 spiro atoms. The number of likely N-dealkylation sites (tertiary alicyclic amines) is 2. The van der Waals surface area contributed by atoms with Gasteiger partial charge < -0.3 is 29.9 Å². The number of nitrogens with zero attached hydrogens (tertiary/aromatic N) is 4. The topological polar surface area (TPSA) is 131 Å². The fourth-order valence-electron chi connectivity index (χ4n) is 12.0. The Bertz CT molecular complexity index is 1740. The number of rotatable bonds is 5. The molecule has 4 aliphatic heterocycles. The van der Waals surface area contributed by atoms with E-state index in [0.29, 0.717) is 76.0 Å². The molecule has 2 saturated heterocycles. The highest BCUT2D eigenvalue weighted by Gasteiger charge is 2.74. The quantitative estimate of drug-likeness (QED) is 0.287. The summed E-state index contributed by atoms with van der Waals surface area (Å²) in [6.45, 7) is 10.9. The predicted octanol–water partition coefficient (Wildman–Crippen LogP) is 3.28. The number of aromatic hydroxyl groups is 2. The van der Waals surface area contributed by atoms with Gasteiger partial charge in [0.05, 0.1) is 33.5 Å². The molecule has 48 heavy (non-hydrogen) atoms. The first kappa shape index (κ1) is 29.2. The van der Waals surface area contributed by atoms with Crippen molar-refractivity contribution in [3.05, 3.63) is 71.8 Å². The Morgan fingerprint density at radius 2 is 1.15 bits per heavy atom. The molecule has 10 heteroatoms. The van der Waals surface area contributed by atoms with Gasteiger partial charge in [0.1, 0.15) is 0 Å². The van der Waals surface area contributed by atoms with Crippen molar-refractivity contribution in [3.63, 3.8) is 0 Å². The number of ether oxygens (including phenoxy) is 2. The lowest BCUT2D eigenvalue weighted by Crippen LogP contribution is -2.76. The summed E-state index contributed by atoms with van der Waals surface area (Å²) in [4.78, 5) is 4.68. The van der Waals surface area contributed by atoms with E-state index >= 15 is 0 Å². The van der Waals surface area contributed by atoms with E-state index in [2.05, 4.69) is 23.0 Å². The standard InChI is InChI=1S/C38H42N4O6/c1-3-15-41-17-13-35-29-21-5-7-25(43)31(29)47-33(35)23(9-11-37(35,45)27(41)19-21)39-40-24-10-12-38(46)28-20-22-6-8-26(44)32-30(22)36(38,34(24)48-32)14-18-42(28)16-4-2/h3-8,27-28,33-34,43-46H,1-2,9-20H2/t27?,28?,33?,34?,35-,36-,37+,38+/m0/s1. The fourth-order valence-corrected chi connectivity index (χ4v) is 12.0. The normalized spacial score (nSPS) is 41.4. The van der Waals surface area contributed by atoms with Crippen LogP contribution in [0.2, 0.25) is 0 Å². The molecule has 4 fully saturated rings. The summed E-state index contributed by atoms with van der Waals surface area (Å²) in [6, 6.07) is 7.18. The Hall–Kier alpha value is -3.70. The van der Waals surface area contributed by atoms with Crippen LogP contribution in [0.25, 0.3) is 0 Å². The van der Waals surface area contributed by atoms with E-state index in [1.807, 2.05) is 24.3 Å². The van der Waals surface area contributed by atoms with E-state index in [0.717, 1.165) is 46.8 Å². The Balaban J connectivity index is 1.08. The summed E-state index contributed by atoms with van der Waals surface area (Å²) >= 11 is 0. The van der Waals surface area contributed by atoms with Gasteiger partial charge >= 0.3 is 0 Å². The van der Waals surface area contributed by atoms with Crippen molar-refractivity contribution >= 4 is 11.4 Å². The lowest BCUT2D eigenvalue weighted by Gasteiger charge is -2.63. The minimum Gasteiger partial charge on any atom is -0.504 e. The van der Waals surface area contributed by atoms with Crippen molar-refractivity contribution in [2.75, 3.05) is 26.2 Å². The minimum atomic E-state index is -1.06. The highest BCUT2D eigenvalue weighted by atomic mass is 16.5. The molecule has 8 aliphatic rings. The Morgan fingerprint density at radius 3 is 1.56 bits per heavy atom. The van der Waals surface area contributed by atoms with Crippen LogP contribution in [0.1, 0.15) is 60.8 Å². The van der Waals surface area contributed by atoms with Crippen LogP contribution >= 0.6 is 0 Å². The zero-order valence-corrected chi connectivity index (χ0v) is 27.1. The second kappa shape index (κ2) is 9.50. The third-order valence-electron chi connectivity index (χ3n) is 13.8. The zero-order chi connectivity index (χ0) is 32.8. The number of hydrogen-bond donors (Lipinski definition) is 4. The van der Waals surface area contributed by atoms with Crippen molar-refractivity contribution in [2.24, 2.45) is 10.2 Å². The second-order valence-electron chi connectivity index (χ2n) is 15.4. The molecule has 2 saturated carbocycles. The van der Waals surface area contributed by atoms with Crippen molar-refractivity contribution in [1.29, 1.82) is 0 Å². The largest absolute Gasteiger partial charge is 0.504 e. The third kappa shape index (κ3) is 3.15. The third-order valence-corrected chi connectivity index (χ3v) is 13.8. The van der Waals surface area contributed by atoms with Crippen LogP contribution in [0, 0.1) is 0 Å². The molecular weight excluding hydrogens is 608 g/mol. The number of aliphatic hydroxyl groups is 2. The van der Waals surface area contributed by atoms with Crippen molar-refractivity contribution in [3.8, 4) is 23.0 Å². The lowest BCUT2D eigenvalue weighted by molar-refractivity contribution is -0.164. The monoisotopic (exact) mass is 650 g/mol. The van der Waals surface area contributed by atoms with Gasteiger partial charge in [-0.3, -0.25) is 9.80 Å². The molecule has 4 N–H and O–H groups in total. The van der Waals surface area contributed by atoms with Crippen LogP contribution in [0.15, 0.2) is 59.8 Å². The molecule has 4 aliphatic carbocycles. The highest BCUT2D eigenvalue weighted by molar-refractivity contribution is 5.97. The maximum atomic E-state index is 12.7. The van der Waals surface area contributed by atoms with Gasteiger partial charge in [0.2, 0.25) is 0 Å². The van der Waals surface area contributed by atoms with Gasteiger partial charge in [0.15, 0.2) is 35.2 Å². The van der Waals surface area contributed by atoms with Gasteiger partial charge in [-0.15, -0.1) is 13.2 Å². The van der Waals surface area contributed by atoms with Gasteiger partial charge in [0, 0.05) is 49.4 Å². The predicted molar refractivity (Wildman–Crippen MR) is 179 cm³/mol. The van der Waals surface area contributed by atoms with Crippen molar-refractivity contribution in [1.82, 2.24) is 9.80 Å². The van der Waals surface area contributed by atoms with Gasteiger partial charge in [-0.1, -0.05) is 24.3 Å². The fraction of sp³-hybridized carbons (Fsp3) is 0.526. The summed E-state index contributed by atoms with van der Waals surface area (Å²) in [5.41, 5.74) is 1.99. The molecule has 4 bridgehead atoms. The van der Waals surface area contributed by atoms with E-state index in [-0.39, 0.29) is 23.6 Å². The lowest BCUT2D eigenvalue weighted by atomic mass is 9.48. The van der Waals surface area contributed by atoms with E-state index in [1.165, 1.54) is 0 Å². The molecule has 4 heterocycles. The highest BCUT2D eigenvalue weighted by Crippen LogP contribution is 2.66. The average molecular weight is 651 g/mol. The number of piperidine rings is 2. The molecule has 10 rings (SSSR count). The SMILES string of the molecule is C=CCN1CC[C@]23c4c5ccc(O)c4OC2C(=NN=C2CC[C@@]4(O)C6Cc7ccc(O)c8c7[C@@]4(CCN6CC=C)C2O8)CC[C@@]3(O)C1C5. The molecule has 10 nitrogen and oxygen atoms in total. The molecule has 250 valence electrons.